The van der Waals surface area contributed by atoms with Gasteiger partial charge in [-0.1, -0.05) is 97.1 Å². The van der Waals surface area contributed by atoms with Crippen molar-refractivity contribution in [3.05, 3.63) is 131 Å². The van der Waals surface area contributed by atoms with Gasteiger partial charge in [0.2, 0.25) is 0 Å². The summed E-state index contributed by atoms with van der Waals surface area (Å²) in [5.74, 6) is 0. The van der Waals surface area contributed by atoms with Crippen molar-refractivity contribution in [2.75, 3.05) is 0 Å². The van der Waals surface area contributed by atoms with Crippen molar-refractivity contribution >= 4 is 65.0 Å². The largest absolute Gasteiger partial charge is 0.192 e. The third kappa shape index (κ3) is 4.65. The van der Waals surface area contributed by atoms with Crippen LogP contribution in [0.4, 0.5) is 0 Å². The molecule has 0 bridgehead atoms. The van der Waals surface area contributed by atoms with Crippen LogP contribution in [0.1, 0.15) is 11.1 Å². The zero-order valence-corrected chi connectivity index (χ0v) is 24.2. The van der Waals surface area contributed by atoms with Gasteiger partial charge in [-0.15, -0.1) is 0 Å². The van der Waals surface area contributed by atoms with E-state index in [0.717, 1.165) is 0 Å². The molecule has 0 radical (unpaired) electrons. The maximum absolute atomic E-state index is 8.85. The molecular weight excluding hydrogens is 536 g/mol. The van der Waals surface area contributed by atoms with Gasteiger partial charge in [0.05, 0.1) is 0 Å². The first kappa shape index (κ1) is 27.7. The number of fused-ring (bicyclic) bond motifs is 9. The van der Waals surface area contributed by atoms with E-state index in [1.54, 1.807) is 26.0 Å². The van der Waals surface area contributed by atoms with Crippen molar-refractivity contribution in [1.29, 1.82) is 21.0 Å². The molecular formula is C40H24N4. The normalized spacial score (nSPS) is 10.4. The fourth-order valence-electron chi connectivity index (χ4n) is 6.05. The molecule has 7 rings (SSSR count). The molecule has 0 heterocycles. The number of nitriles is 4. The zero-order chi connectivity index (χ0) is 30.8. The van der Waals surface area contributed by atoms with Gasteiger partial charge in [-0.25, -0.2) is 0 Å². The van der Waals surface area contributed by atoms with E-state index in [4.69, 9.17) is 21.0 Å². The van der Waals surface area contributed by atoms with Crippen LogP contribution < -0.4 is 10.4 Å². The maximum atomic E-state index is 8.85. The SMILES string of the molecule is Cc1cc(=C(C#N)C#N)c(C)cc1=C(C#N)C#N.c1ccc2c(c1)ccc1ccc3ccc4ccc5ccccc5c4c3c12. The summed E-state index contributed by atoms with van der Waals surface area (Å²) in [4.78, 5) is 0. The van der Waals surface area contributed by atoms with E-state index in [2.05, 4.69) is 97.1 Å². The Balaban J connectivity index is 0.000000169. The van der Waals surface area contributed by atoms with Crippen LogP contribution in [0.25, 0.3) is 65.0 Å². The van der Waals surface area contributed by atoms with E-state index in [9.17, 15) is 0 Å². The van der Waals surface area contributed by atoms with Crippen LogP contribution in [0.3, 0.4) is 0 Å². The highest BCUT2D eigenvalue weighted by molar-refractivity contribution is 6.32. The topological polar surface area (TPSA) is 95.2 Å². The molecule has 204 valence electrons. The average molecular weight is 561 g/mol. The molecule has 7 aromatic carbocycles. The summed E-state index contributed by atoms with van der Waals surface area (Å²) >= 11 is 0. The van der Waals surface area contributed by atoms with Crippen LogP contribution in [0, 0.1) is 59.2 Å². The minimum Gasteiger partial charge on any atom is -0.192 e. The van der Waals surface area contributed by atoms with Gasteiger partial charge in [-0.05, 0) is 91.0 Å². The van der Waals surface area contributed by atoms with Gasteiger partial charge in [-0.2, -0.15) is 21.0 Å². The highest BCUT2D eigenvalue weighted by Gasteiger charge is 2.11. The Morgan fingerprint density at radius 3 is 1.09 bits per heavy atom. The summed E-state index contributed by atoms with van der Waals surface area (Å²) < 4.78 is 0. The number of hydrogen-bond acceptors (Lipinski definition) is 4. The average Bonchev–Trinajstić information content (AvgIpc) is 3.07. The smallest absolute Gasteiger partial charge is 0.137 e. The minimum atomic E-state index is 0.0256. The van der Waals surface area contributed by atoms with E-state index in [1.807, 2.05) is 24.3 Å². The van der Waals surface area contributed by atoms with Crippen LogP contribution in [-0.4, -0.2) is 0 Å². The monoisotopic (exact) mass is 560 g/mol. The van der Waals surface area contributed by atoms with Crippen LogP contribution >= 0.6 is 0 Å². The standard InChI is InChI=1S/C26H16.C14H8N4/c1-3-7-22-17(5-1)9-11-19-13-15-21-16-14-20-12-10-18-6-2-4-8-23(18)25(20)26(21)24(19)22;1-9-3-14(12(7-17)8-18)10(2)4-13(9)11(5-15)6-16/h1-16H;3-4H,1-2H3. The number of nitrogens with zero attached hydrogens (tertiary/aromatic N) is 4. The lowest BCUT2D eigenvalue weighted by Gasteiger charge is -2.13. The quantitative estimate of drug-likeness (QED) is 0.175. The fourth-order valence-corrected chi connectivity index (χ4v) is 6.05. The number of aryl methyl sites for hydroxylation is 2. The molecule has 0 unspecified atom stereocenters. The third-order valence-electron chi connectivity index (χ3n) is 8.15. The molecule has 0 fully saturated rings. The number of benzene rings is 7. The Morgan fingerprint density at radius 1 is 0.409 bits per heavy atom. The van der Waals surface area contributed by atoms with Crippen molar-refractivity contribution in [3.63, 3.8) is 0 Å². The molecule has 7 aromatic rings. The minimum absolute atomic E-state index is 0.0256. The Kier molecular flexibility index (Phi) is 7.20. The van der Waals surface area contributed by atoms with Crippen molar-refractivity contribution < 1.29 is 0 Å². The van der Waals surface area contributed by atoms with Crippen molar-refractivity contribution in [1.82, 2.24) is 0 Å². The first-order valence-corrected chi connectivity index (χ1v) is 14.1. The van der Waals surface area contributed by atoms with Crippen LogP contribution in [0.5, 0.6) is 0 Å². The Hall–Kier alpha value is -6.46. The molecule has 0 aliphatic rings. The first-order valence-electron chi connectivity index (χ1n) is 14.1. The fraction of sp³-hybridized carbons (Fsp3) is 0.0500. The highest BCUT2D eigenvalue weighted by atomic mass is 14.3. The van der Waals surface area contributed by atoms with Gasteiger partial charge in [0, 0.05) is 10.4 Å². The van der Waals surface area contributed by atoms with Crippen molar-refractivity contribution in [2.24, 2.45) is 0 Å². The molecule has 0 N–H and O–H groups in total. The maximum Gasteiger partial charge on any atom is 0.137 e. The molecule has 0 saturated heterocycles. The number of hydrogen-bond donors (Lipinski definition) is 0. The van der Waals surface area contributed by atoms with Crippen LogP contribution in [0.2, 0.25) is 0 Å². The third-order valence-corrected chi connectivity index (χ3v) is 8.15. The summed E-state index contributed by atoms with van der Waals surface area (Å²) in [6.07, 6.45) is 0. The Morgan fingerprint density at radius 2 is 0.727 bits per heavy atom. The van der Waals surface area contributed by atoms with E-state index >= 15 is 0 Å². The van der Waals surface area contributed by atoms with Gasteiger partial charge in [0.1, 0.15) is 35.4 Å². The lowest BCUT2D eigenvalue weighted by atomic mass is 9.91. The molecule has 0 aliphatic carbocycles. The van der Waals surface area contributed by atoms with Gasteiger partial charge in [0.15, 0.2) is 0 Å². The van der Waals surface area contributed by atoms with Crippen molar-refractivity contribution in [2.45, 2.75) is 13.8 Å². The summed E-state index contributed by atoms with van der Waals surface area (Å²) in [5.41, 5.74) is 1.43. The van der Waals surface area contributed by atoms with E-state index < -0.39 is 0 Å². The second-order valence-electron chi connectivity index (χ2n) is 10.7. The zero-order valence-electron chi connectivity index (χ0n) is 24.2. The lowest BCUT2D eigenvalue weighted by Crippen LogP contribution is -2.19. The summed E-state index contributed by atoms with van der Waals surface area (Å²) in [6.45, 7) is 3.47. The molecule has 0 atom stereocenters. The lowest BCUT2D eigenvalue weighted by molar-refractivity contribution is 1.29. The van der Waals surface area contributed by atoms with Gasteiger partial charge < -0.3 is 0 Å². The molecule has 4 heteroatoms. The van der Waals surface area contributed by atoms with Gasteiger partial charge >= 0.3 is 0 Å². The molecule has 0 aliphatic heterocycles. The summed E-state index contributed by atoms with van der Waals surface area (Å²) in [7, 11) is 0. The second kappa shape index (κ2) is 11.4. The van der Waals surface area contributed by atoms with Crippen molar-refractivity contribution in [3.8, 4) is 24.3 Å². The van der Waals surface area contributed by atoms with Crippen LogP contribution in [0.15, 0.2) is 109 Å². The summed E-state index contributed by atoms with van der Waals surface area (Å²) in [5, 5.41) is 49.7. The second-order valence-corrected chi connectivity index (χ2v) is 10.7. The van der Waals surface area contributed by atoms with E-state index in [-0.39, 0.29) is 11.1 Å². The molecule has 0 aromatic heterocycles. The van der Waals surface area contributed by atoms with Crippen LogP contribution in [-0.2, 0) is 0 Å². The Labute approximate surface area is 254 Å². The van der Waals surface area contributed by atoms with Gasteiger partial charge in [-0.3, -0.25) is 0 Å². The first-order chi connectivity index (χ1) is 21.5. The predicted octanol–water partition coefficient (Wildman–Crippen LogP) is 8.15. The Bertz CT molecular complexity index is 2400. The summed E-state index contributed by atoms with van der Waals surface area (Å²) in [6, 6.07) is 46.0. The highest BCUT2D eigenvalue weighted by Crippen LogP contribution is 2.39. The molecule has 0 amide bonds. The molecule has 0 spiro atoms. The predicted molar refractivity (Wildman–Crippen MR) is 178 cm³/mol. The number of rotatable bonds is 0. The molecule has 4 nitrogen and oxygen atoms in total. The van der Waals surface area contributed by atoms with E-state index in [1.165, 1.54) is 53.9 Å². The van der Waals surface area contributed by atoms with E-state index in [0.29, 0.717) is 21.6 Å². The molecule has 44 heavy (non-hydrogen) atoms. The van der Waals surface area contributed by atoms with Gasteiger partial charge in [0.25, 0.3) is 0 Å². The molecule has 0 saturated carbocycles.